The summed E-state index contributed by atoms with van der Waals surface area (Å²) in [6.45, 7) is 1.52. The van der Waals surface area contributed by atoms with Gasteiger partial charge in [-0.05, 0) is 30.7 Å². The van der Waals surface area contributed by atoms with Crippen LogP contribution in [0.1, 0.15) is 30.2 Å². The minimum absolute atomic E-state index is 0.151. The number of hydrogen-bond acceptors (Lipinski definition) is 5. The van der Waals surface area contributed by atoms with Crippen LogP contribution in [0.4, 0.5) is 5.13 Å². The molecule has 1 aromatic carbocycles. The highest BCUT2D eigenvalue weighted by Gasteiger charge is 2.36. The van der Waals surface area contributed by atoms with E-state index in [-0.39, 0.29) is 24.7 Å². The van der Waals surface area contributed by atoms with E-state index in [0.717, 1.165) is 15.3 Å². The maximum Gasteiger partial charge on any atom is 0.249 e. The van der Waals surface area contributed by atoms with Crippen molar-refractivity contribution in [3.05, 3.63) is 44.9 Å². The number of halogens is 2. The number of rotatable bonds is 5. The Morgan fingerprint density at radius 2 is 2.00 bits per heavy atom. The summed E-state index contributed by atoms with van der Waals surface area (Å²) in [5, 5.41) is 4.25. The lowest BCUT2D eigenvalue weighted by molar-refractivity contribution is -0.144. The Labute approximate surface area is 164 Å². The number of thiazole rings is 1. The topological polar surface area (TPSA) is 79.4 Å². The minimum atomic E-state index is -0.868. The molecule has 136 valence electrons. The zero-order chi connectivity index (χ0) is 18.8. The third-order valence-corrected chi connectivity index (χ3v) is 5.53. The van der Waals surface area contributed by atoms with Crippen LogP contribution in [0.25, 0.3) is 0 Å². The van der Waals surface area contributed by atoms with Crippen molar-refractivity contribution in [2.45, 2.75) is 32.2 Å². The third kappa shape index (κ3) is 4.06. The molecule has 1 aliphatic rings. The van der Waals surface area contributed by atoms with Gasteiger partial charge in [0.2, 0.25) is 17.7 Å². The van der Waals surface area contributed by atoms with Crippen molar-refractivity contribution in [2.24, 2.45) is 0 Å². The SMILES string of the molecule is C[C@@H](C(=O)Nc1ncc(Cc2cc(Cl)ccc2Cl)s1)N1C(=O)CCC1=O. The Morgan fingerprint density at radius 1 is 1.31 bits per heavy atom. The van der Waals surface area contributed by atoms with Gasteiger partial charge in [0.1, 0.15) is 6.04 Å². The summed E-state index contributed by atoms with van der Waals surface area (Å²) >= 11 is 13.5. The lowest BCUT2D eigenvalue weighted by Crippen LogP contribution is -2.44. The van der Waals surface area contributed by atoms with E-state index in [2.05, 4.69) is 10.3 Å². The van der Waals surface area contributed by atoms with E-state index in [4.69, 9.17) is 23.2 Å². The predicted molar refractivity (Wildman–Crippen MR) is 101 cm³/mol. The number of hydrogen-bond donors (Lipinski definition) is 1. The van der Waals surface area contributed by atoms with E-state index in [9.17, 15) is 14.4 Å². The van der Waals surface area contributed by atoms with Crippen molar-refractivity contribution in [3.63, 3.8) is 0 Å². The van der Waals surface area contributed by atoms with Gasteiger partial charge < -0.3 is 5.32 Å². The van der Waals surface area contributed by atoms with E-state index >= 15 is 0 Å². The van der Waals surface area contributed by atoms with Gasteiger partial charge in [0.25, 0.3) is 0 Å². The van der Waals surface area contributed by atoms with Crippen LogP contribution in [0, 0.1) is 0 Å². The molecule has 1 aliphatic heterocycles. The van der Waals surface area contributed by atoms with Crippen LogP contribution in [-0.2, 0) is 20.8 Å². The number of nitrogens with one attached hydrogen (secondary N) is 1. The quantitative estimate of drug-likeness (QED) is 0.763. The van der Waals surface area contributed by atoms with Gasteiger partial charge in [0.15, 0.2) is 5.13 Å². The first-order chi connectivity index (χ1) is 12.3. The summed E-state index contributed by atoms with van der Waals surface area (Å²) in [6, 6.07) is 4.37. The molecule has 0 spiro atoms. The number of amides is 3. The van der Waals surface area contributed by atoms with E-state index in [1.165, 1.54) is 18.3 Å². The summed E-state index contributed by atoms with van der Waals surface area (Å²) in [5.41, 5.74) is 0.863. The second kappa shape index (κ2) is 7.73. The molecule has 1 N–H and O–H groups in total. The van der Waals surface area contributed by atoms with E-state index < -0.39 is 11.9 Å². The first-order valence-corrected chi connectivity index (χ1v) is 9.47. The Balaban J connectivity index is 1.66. The Morgan fingerprint density at radius 3 is 2.69 bits per heavy atom. The molecule has 9 heteroatoms. The van der Waals surface area contributed by atoms with Gasteiger partial charge in [-0.2, -0.15) is 0 Å². The van der Waals surface area contributed by atoms with Crippen molar-refractivity contribution in [2.75, 3.05) is 5.32 Å². The fourth-order valence-corrected chi connectivity index (χ4v) is 3.88. The van der Waals surface area contributed by atoms with Crippen molar-refractivity contribution in [3.8, 4) is 0 Å². The number of anilines is 1. The second-order valence-electron chi connectivity index (χ2n) is 5.87. The van der Waals surface area contributed by atoms with Gasteiger partial charge in [0, 0.05) is 40.4 Å². The van der Waals surface area contributed by atoms with E-state index in [0.29, 0.717) is 21.6 Å². The highest BCUT2D eigenvalue weighted by Crippen LogP contribution is 2.27. The molecule has 26 heavy (non-hydrogen) atoms. The lowest BCUT2D eigenvalue weighted by atomic mass is 10.1. The summed E-state index contributed by atoms with van der Waals surface area (Å²) < 4.78 is 0. The molecular formula is C17H15Cl2N3O3S. The molecule has 0 aliphatic carbocycles. The molecule has 3 rings (SSSR count). The average Bonchev–Trinajstić information content (AvgIpc) is 3.16. The molecule has 1 atom stereocenters. The molecule has 1 fully saturated rings. The maximum absolute atomic E-state index is 12.3. The van der Waals surface area contributed by atoms with Crippen LogP contribution in [0.15, 0.2) is 24.4 Å². The largest absolute Gasteiger partial charge is 0.300 e. The van der Waals surface area contributed by atoms with Crippen LogP contribution in [0.2, 0.25) is 10.0 Å². The fourth-order valence-electron chi connectivity index (χ4n) is 2.67. The number of benzene rings is 1. The highest BCUT2D eigenvalue weighted by atomic mass is 35.5. The molecule has 0 saturated carbocycles. The number of carbonyl (C=O) groups excluding carboxylic acids is 3. The second-order valence-corrected chi connectivity index (χ2v) is 7.83. The molecule has 0 radical (unpaired) electrons. The summed E-state index contributed by atoms with van der Waals surface area (Å²) in [5.74, 6) is -1.10. The van der Waals surface area contributed by atoms with Gasteiger partial charge in [-0.3, -0.25) is 19.3 Å². The van der Waals surface area contributed by atoms with Crippen molar-refractivity contribution < 1.29 is 14.4 Å². The van der Waals surface area contributed by atoms with Crippen molar-refractivity contribution in [1.82, 2.24) is 9.88 Å². The average molecular weight is 412 g/mol. The molecule has 6 nitrogen and oxygen atoms in total. The molecule has 0 unspecified atom stereocenters. The van der Waals surface area contributed by atoms with Gasteiger partial charge >= 0.3 is 0 Å². The Bertz CT molecular complexity index is 868. The zero-order valence-corrected chi connectivity index (χ0v) is 16.1. The van der Waals surface area contributed by atoms with E-state index in [1.807, 2.05) is 0 Å². The first kappa shape index (κ1) is 18.8. The van der Waals surface area contributed by atoms with Crippen LogP contribution >= 0.6 is 34.5 Å². The van der Waals surface area contributed by atoms with E-state index in [1.54, 1.807) is 24.4 Å². The molecule has 1 saturated heterocycles. The maximum atomic E-state index is 12.3. The number of nitrogens with zero attached hydrogens (tertiary/aromatic N) is 2. The summed E-state index contributed by atoms with van der Waals surface area (Å²) in [4.78, 5) is 41.9. The molecule has 2 aromatic rings. The standard InChI is InChI=1S/C17H15Cl2N3O3S/c1-9(22-14(23)4-5-15(22)24)16(25)21-17-20-8-12(26-17)7-10-6-11(18)2-3-13(10)19/h2-3,6,8-9H,4-5,7H2,1H3,(H,20,21,25)/t9-/m0/s1. The van der Waals surface area contributed by atoms with Crippen LogP contribution in [0.5, 0.6) is 0 Å². The Hall–Kier alpha value is -1.96. The lowest BCUT2D eigenvalue weighted by Gasteiger charge is -2.20. The highest BCUT2D eigenvalue weighted by molar-refractivity contribution is 7.15. The molecule has 2 heterocycles. The predicted octanol–water partition coefficient (Wildman–Crippen LogP) is 3.52. The van der Waals surface area contributed by atoms with Gasteiger partial charge in [-0.15, -0.1) is 11.3 Å². The number of carbonyl (C=O) groups is 3. The van der Waals surface area contributed by atoms with Crippen molar-refractivity contribution in [1.29, 1.82) is 0 Å². The fraction of sp³-hybridized carbons (Fsp3) is 0.294. The monoisotopic (exact) mass is 411 g/mol. The zero-order valence-electron chi connectivity index (χ0n) is 13.8. The van der Waals surface area contributed by atoms with Crippen LogP contribution in [0.3, 0.4) is 0 Å². The Kier molecular flexibility index (Phi) is 5.60. The molecule has 0 bridgehead atoms. The molecule has 1 aromatic heterocycles. The third-order valence-electron chi connectivity index (χ3n) is 4.01. The van der Waals surface area contributed by atoms with Crippen molar-refractivity contribution >= 4 is 57.4 Å². The van der Waals surface area contributed by atoms with Crippen LogP contribution < -0.4 is 5.32 Å². The minimum Gasteiger partial charge on any atom is -0.300 e. The van der Waals surface area contributed by atoms with Gasteiger partial charge in [0.05, 0.1) is 0 Å². The number of likely N-dealkylation sites (tertiary alicyclic amines) is 1. The van der Waals surface area contributed by atoms with Gasteiger partial charge in [-0.25, -0.2) is 4.98 Å². The summed E-state index contributed by atoms with van der Waals surface area (Å²) in [6.07, 6.45) is 2.48. The normalized spacial score (nSPS) is 15.4. The number of aromatic nitrogens is 1. The summed E-state index contributed by atoms with van der Waals surface area (Å²) in [7, 11) is 0. The molecular weight excluding hydrogens is 397 g/mol. The first-order valence-electron chi connectivity index (χ1n) is 7.89. The van der Waals surface area contributed by atoms with Gasteiger partial charge in [-0.1, -0.05) is 23.2 Å². The smallest absolute Gasteiger partial charge is 0.249 e. The van der Waals surface area contributed by atoms with Crippen LogP contribution in [-0.4, -0.2) is 33.6 Å². The number of imide groups is 1. The molecule has 3 amide bonds.